The molecule has 1 atom stereocenters. The number of ether oxygens (including phenoxy) is 1. The van der Waals surface area contributed by atoms with Crippen molar-refractivity contribution in [1.82, 2.24) is 10.2 Å². The fraction of sp³-hybridized carbons (Fsp3) is 0.435. The number of amides is 1. The molecule has 150 valence electrons. The molecule has 5 heteroatoms. The standard InChI is InChI=1S/C23H28N2O2.H2S/c1-27-20-11-7-10-19(16-20)23(12-13-23)22(26)24-21(17-25-14-5-6-15-25)18-8-3-2-4-9-18;/h2-4,7-11,16,21H,5-6,12-15,17H2,1H3,(H,24,26);1H2/t21-;/m1./s1. The summed E-state index contributed by atoms with van der Waals surface area (Å²) in [5, 5.41) is 3.38. The maximum Gasteiger partial charge on any atom is 0.231 e. The average Bonchev–Trinajstić information content (AvgIpc) is 3.38. The molecule has 28 heavy (non-hydrogen) atoms. The first-order valence-electron chi connectivity index (χ1n) is 9.94. The Hall–Kier alpha value is -1.98. The van der Waals surface area contributed by atoms with E-state index in [1.54, 1.807) is 7.11 Å². The molecule has 4 rings (SSSR count). The van der Waals surface area contributed by atoms with Gasteiger partial charge in [0.1, 0.15) is 5.75 Å². The van der Waals surface area contributed by atoms with Gasteiger partial charge in [-0.1, -0.05) is 42.5 Å². The Kier molecular flexibility index (Phi) is 6.68. The topological polar surface area (TPSA) is 41.6 Å². The molecule has 0 spiro atoms. The van der Waals surface area contributed by atoms with Gasteiger partial charge >= 0.3 is 0 Å². The Morgan fingerprint density at radius 2 is 1.82 bits per heavy atom. The van der Waals surface area contributed by atoms with Gasteiger partial charge in [0, 0.05) is 6.54 Å². The van der Waals surface area contributed by atoms with Crippen molar-refractivity contribution in [3.8, 4) is 5.75 Å². The zero-order valence-corrected chi connectivity index (χ0v) is 17.5. The van der Waals surface area contributed by atoms with Crippen molar-refractivity contribution >= 4 is 19.4 Å². The highest BCUT2D eigenvalue weighted by molar-refractivity contribution is 7.59. The fourth-order valence-corrected chi connectivity index (χ4v) is 4.13. The highest BCUT2D eigenvalue weighted by atomic mass is 32.1. The predicted octanol–water partition coefficient (Wildman–Crippen LogP) is 3.79. The zero-order valence-electron chi connectivity index (χ0n) is 16.5. The summed E-state index contributed by atoms with van der Waals surface area (Å²) in [6, 6.07) is 18.3. The number of nitrogens with one attached hydrogen (secondary N) is 1. The van der Waals surface area contributed by atoms with Gasteiger partial charge in [0.2, 0.25) is 5.91 Å². The first-order chi connectivity index (χ1) is 13.2. The van der Waals surface area contributed by atoms with Crippen molar-refractivity contribution in [3.05, 3.63) is 65.7 Å². The molecule has 1 saturated heterocycles. The Bertz CT molecular complexity index is 786. The van der Waals surface area contributed by atoms with Crippen molar-refractivity contribution in [2.45, 2.75) is 37.1 Å². The molecular formula is C23H30N2O2S. The summed E-state index contributed by atoms with van der Waals surface area (Å²) in [6.07, 6.45) is 4.31. The highest BCUT2D eigenvalue weighted by Gasteiger charge is 2.51. The third-order valence-corrected chi connectivity index (χ3v) is 5.95. The maximum atomic E-state index is 13.3. The van der Waals surface area contributed by atoms with Crippen LogP contribution in [0, 0.1) is 0 Å². The molecule has 4 nitrogen and oxygen atoms in total. The average molecular weight is 399 g/mol. The molecule has 2 fully saturated rings. The van der Waals surface area contributed by atoms with Crippen molar-refractivity contribution in [3.63, 3.8) is 0 Å². The van der Waals surface area contributed by atoms with Crippen LogP contribution >= 0.6 is 13.5 Å². The van der Waals surface area contributed by atoms with E-state index in [0.717, 1.165) is 43.8 Å². The minimum atomic E-state index is -0.396. The second kappa shape index (κ2) is 9.01. The van der Waals surface area contributed by atoms with Crippen LogP contribution in [0.4, 0.5) is 0 Å². The van der Waals surface area contributed by atoms with Crippen molar-refractivity contribution in [2.24, 2.45) is 0 Å². The third-order valence-electron chi connectivity index (χ3n) is 5.95. The van der Waals surface area contributed by atoms with Gasteiger partial charge in [-0.2, -0.15) is 13.5 Å². The zero-order chi connectivity index (χ0) is 18.7. The van der Waals surface area contributed by atoms with E-state index in [1.165, 1.54) is 18.4 Å². The lowest BCUT2D eigenvalue weighted by molar-refractivity contribution is -0.124. The summed E-state index contributed by atoms with van der Waals surface area (Å²) in [6.45, 7) is 3.13. The number of carbonyl (C=O) groups is 1. The van der Waals surface area contributed by atoms with Gasteiger partial charge in [0.05, 0.1) is 18.6 Å². The van der Waals surface area contributed by atoms with Crippen molar-refractivity contribution in [1.29, 1.82) is 0 Å². The largest absolute Gasteiger partial charge is 0.497 e. The normalized spacial score (nSPS) is 18.8. The van der Waals surface area contributed by atoms with E-state index in [2.05, 4.69) is 22.3 Å². The highest BCUT2D eigenvalue weighted by Crippen LogP contribution is 2.49. The Morgan fingerprint density at radius 3 is 2.46 bits per heavy atom. The lowest BCUT2D eigenvalue weighted by atomic mass is 9.93. The van der Waals surface area contributed by atoms with Gasteiger partial charge in [-0.15, -0.1) is 0 Å². The summed E-state index contributed by atoms with van der Waals surface area (Å²) >= 11 is 0. The third kappa shape index (κ3) is 4.36. The van der Waals surface area contributed by atoms with E-state index >= 15 is 0 Å². The van der Waals surface area contributed by atoms with Crippen molar-refractivity contribution in [2.75, 3.05) is 26.7 Å². The van der Waals surface area contributed by atoms with Gasteiger partial charge in [-0.3, -0.25) is 4.79 Å². The molecule has 1 aliphatic carbocycles. The number of hydrogen-bond donors (Lipinski definition) is 1. The van der Waals surface area contributed by atoms with E-state index in [-0.39, 0.29) is 25.4 Å². The van der Waals surface area contributed by atoms with Crippen LogP contribution < -0.4 is 10.1 Å². The van der Waals surface area contributed by atoms with Gasteiger partial charge in [0.25, 0.3) is 0 Å². The summed E-state index contributed by atoms with van der Waals surface area (Å²) in [4.78, 5) is 15.8. The summed E-state index contributed by atoms with van der Waals surface area (Å²) in [5.74, 6) is 0.951. The molecule has 2 aliphatic rings. The molecule has 0 radical (unpaired) electrons. The van der Waals surface area contributed by atoms with Crippen LogP contribution in [0.2, 0.25) is 0 Å². The molecule has 0 aromatic heterocycles. The second-order valence-corrected chi connectivity index (χ2v) is 7.76. The van der Waals surface area contributed by atoms with E-state index in [4.69, 9.17) is 4.74 Å². The van der Waals surface area contributed by atoms with Gasteiger partial charge < -0.3 is 15.0 Å². The van der Waals surface area contributed by atoms with Crippen LogP contribution in [0.5, 0.6) is 5.75 Å². The molecular weight excluding hydrogens is 368 g/mol. The van der Waals surface area contributed by atoms with Gasteiger partial charge in [-0.05, 0) is 62.0 Å². The number of carbonyl (C=O) groups excluding carboxylic acids is 1. The molecule has 2 aromatic rings. The minimum absolute atomic E-state index is 0. The van der Waals surface area contributed by atoms with Gasteiger partial charge in [0.15, 0.2) is 0 Å². The van der Waals surface area contributed by atoms with Crippen LogP contribution in [-0.2, 0) is 10.2 Å². The van der Waals surface area contributed by atoms with Crippen LogP contribution in [0.3, 0.4) is 0 Å². The number of rotatable bonds is 7. The number of likely N-dealkylation sites (tertiary alicyclic amines) is 1. The summed E-state index contributed by atoms with van der Waals surface area (Å²) < 4.78 is 5.36. The van der Waals surface area contributed by atoms with E-state index < -0.39 is 5.41 Å². The molecule has 1 saturated carbocycles. The van der Waals surface area contributed by atoms with E-state index in [9.17, 15) is 4.79 Å². The molecule has 1 heterocycles. The quantitative estimate of drug-likeness (QED) is 0.771. The lowest BCUT2D eigenvalue weighted by Gasteiger charge is -2.27. The monoisotopic (exact) mass is 398 g/mol. The predicted molar refractivity (Wildman–Crippen MR) is 117 cm³/mol. The fourth-order valence-electron chi connectivity index (χ4n) is 4.13. The summed E-state index contributed by atoms with van der Waals surface area (Å²) in [7, 11) is 1.67. The first kappa shape index (κ1) is 20.7. The number of hydrogen-bond acceptors (Lipinski definition) is 3. The lowest BCUT2D eigenvalue weighted by Crippen LogP contribution is -2.41. The molecule has 0 bridgehead atoms. The minimum Gasteiger partial charge on any atom is -0.497 e. The van der Waals surface area contributed by atoms with Crippen LogP contribution in [0.1, 0.15) is 42.9 Å². The Balaban J connectivity index is 0.00000225. The smallest absolute Gasteiger partial charge is 0.231 e. The van der Waals surface area contributed by atoms with Crippen LogP contribution in [-0.4, -0.2) is 37.6 Å². The van der Waals surface area contributed by atoms with E-state index in [0.29, 0.717) is 0 Å². The number of nitrogens with zero attached hydrogens (tertiary/aromatic N) is 1. The molecule has 1 aliphatic heterocycles. The maximum absolute atomic E-state index is 13.3. The van der Waals surface area contributed by atoms with Crippen molar-refractivity contribution < 1.29 is 9.53 Å². The van der Waals surface area contributed by atoms with Gasteiger partial charge in [-0.25, -0.2) is 0 Å². The SMILES string of the molecule is COc1cccc(C2(C(=O)N[C@H](CN3CCCC3)c3ccccc3)CC2)c1.S. The molecule has 1 N–H and O–H groups in total. The molecule has 2 aromatic carbocycles. The molecule has 0 unspecified atom stereocenters. The van der Waals surface area contributed by atoms with Crippen LogP contribution in [0.25, 0.3) is 0 Å². The first-order valence-corrected chi connectivity index (χ1v) is 9.94. The van der Waals surface area contributed by atoms with E-state index in [1.807, 2.05) is 42.5 Å². The second-order valence-electron chi connectivity index (χ2n) is 7.76. The number of benzene rings is 2. The molecule has 1 amide bonds. The Morgan fingerprint density at radius 1 is 1.11 bits per heavy atom. The number of methoxy groups -OCH3 is 1. The Labute approximate surface area is 174 Å². The summed E-state index contributed by atoms with van der Waals surface area (Å²) in [5.41, 5.74) is 1.85. The van der Waals surface area contributed by atoms with Crippen LogP contribution in [0.15, 0.2) is 54.6 Å².